The highest BCUT2D eigenvalue weighted by Gasteiger charge is 2.70. The van der Waals surface area contributed by atoms with Crippen molar-refractivity contribution in [3.63, 3.8) is 0 Å². The van der Waals surface area contributed by atoms with Gasteiger partial charge in [-0.15, -0.1) is 0 Å². The highest BCUT2D eigenvalue weighted by atomic mass is 19.1. The number of imide groups is 1. The van der Waals surface area contributed by atoms with E-state index in [9.17, 15) is 18.8 Å². The molecule has 5 atom stereocenters. The topological polar surface area (TPSA) is 104 Å². The number of likely N-dealkylation sites (tertiary alicyclic amines) is 1. The molecule has 3 saturated heterocycles. The number of halogens is 1. The van der Waals surface area contributed by atoms with E-state index in [1.165, 1.54) is 23.1 Å². The fourth-order valence-electron chi connectivity index (χ4n) is 6.72. The Morgan fingerprint density at radius 1 is 1.11 bits per heavy atom. The van der Waals surface area contributed by atoms with E-state index < -0.39 is 41.0 Å². The lowest BCUT2D eigenvalue weighted by atomic mass is 9.76. The van der Waals surface area contributed by atoms with E-state index in [0.29, 0.717) is 24.3 Å². The number of aromatic nitrogens is 1. The summed E-state index contributed by atoms with van der Waals surface area (Å²) in [6, 6.07) is 11.4. The quantitative estimate of drug-likeness (QED) is 0.490. The van der Waals surface area contributed by atoms with Crippen molar-refractivity contribution >= 4 is 34.3 Å². The Morgan fingerprint density at radius 3 is 2.81 bits per heavy atom. The van der Waals surface area contributed by atoms with Crippen LogP contribution < -0.4 is 10.6 Å². The summed E-state index contributed by atoms with van der Waals surface area (Å²) in [4.78, 5) is 45.8. The van der Waals surface area contributed by atoms with Gasteiger partial charge in [-0.3, -0.25) is 24.6 Å². The molecule has 36 heavy (non-hydrogen) atoms. The molecule has 3 amide bonds. The predicted octanol–water partition coefficient (Wildman–Crippen LogP) is 2.45. The minimum absolute atomic E-state index is 0.179. The Labute approximate surface area is 206 Å². The molecular weight excluding hydrogens is 463 g/mol. The van der Waals surface area contributed by atoms with E-state index >= 15 is 0 Å². The first-order valence-corrected chi connectivity index (χ1v) is 12.4. The molecule has 5 heterocycles. The molecule has 3 N–H and O–H groups in total. The molecule has 4 aliphatic heterocycles. The van der Waals surface area contributed by atoms with Gasteiger partial charge >= 0.3 is 0 Å². The number of anilines is 1. The summed E-state index contributed by atoms with van der Waals surface area (Å²) in [6.07, 6.45) is 3.80. The summed E-state index contributed by atoms with van der Waals surface area (Å²) in [5, 5.41) is 7.23. The summed E-state index contributed by atoms with van der Waals surface area (Å²) >= 11 is 0. The molecule has 1 spiro atoms. The van der Waals surface area contributed by atoms with Gasteiger partial charge in [0.05, 0.1) is 24.5 Å². The van der Waals surface area contributed by atoms with Crippen LogP contribution in [0.3, 0.4) is 0 Å². The number of ether oxygens (including phenoxy) is 1. The number of rotatable bonds is 4. The fourth-order valence-corrected chi connectivity index (χ4v) is 6.72. The maximum Gasteiger partial charge on any atom is 0.250 e. The fraction of sp³-hybridized carbons (Fsp3) is 0.370. The lowest BCUT2D eigenvalue weighted by Crippen LogP contribution is -2.54. The van der Waals surface area contributed by atoms with Crippen LogP contribution in [-0.4, -0.2) is 52.9 Å². The van der Waals surface area contributed by atoms with Gasteiger partial charge in [0.1, 0.15) is 11.4 Å². The number of hydrogen-bond acceptors (Lipinski definition) is 5. The average Bonchev–Trinajstić information content (AvgIpc) is 3.67. The Hall–Kier alpha value is -3.56. The van der Waals surface area contributed by atoms with Gasteiger partial charge in [-0.05, 0) is 49.1 Å². The zero-order chi connectivity index (χ0) is 24.6. The van der Waals surface area contributed by atoms with E-state index in [2.05, 4.69) is 15.6 Å². The number of benzene rings is 2. The highest BCUT2D eigenvalue weighted by molar-refractivity contribution is 6.15. The summed E-state index contributed by atoms with van der Waals surface area (Å²) in [5.74, 6) is -3.36. The van der Waals surface area contributed by atoms with Crippen LogP contribution in [0.1, 0.15) is 24.0 Å². The number of hydrogen-bond donors (Lipinski definition) is 3. The third kappa shape index (κ3) is 2.90. The first-order valence-electron chi connectivity index (χ1n) is 12.4. The number of carbonyl (C=O) groups excluding carboxylic acids is 3. The van der Waals surface area contributed by atoms with Crippen molar-refractivity contribution in [3.8, 4) is 0 Å². The van der Waals surface area contributed by atoms with E-state index in [4.69, 9.17) is 4.74 Å². The molecule has 2 aromatic carbocycles. The molecule has 0 aliphatic carbocycles. The maximum absolute atomic E-state index is 14.4. The van der Waals surface area contributed by atoms with Crippen LogP contribution in [0, 0.1) is 17.7 Å². The number of aromatic amines is 1. The van der Waals surface area contributed by atoms with Gasteiger partial charge in [-0.1, -0.05) is 18.2 Å². The van der Waals surface area contributed by atoms with Gasteiger partial charge in [-0.2, -0.15) is 0 Å². The van der Waals surface area contributed by atoms with Crippen LogP contribution in [-0.2, 0) is 31.1 Å². The number of H-pyrrole nitrogens is 1. The van der Waals surface area contributed by atoms with Crippen molar-refractivity contribution in [3.05, 3.63) is 65.6 Å². The van der Waals surface area contributed by atoms with Crippen LogP contribution >= 0.6 is 0 Å². The van der Waals surface area contributed by atoms with Gasteiger partial charge in [0.25, 0.3) is 0 Å². The first-order chi connectivity index (χ1) is 17.5. The summed E-state index contributed by atoms with van der Waals surface area (Å²) < 4.78 is 20.1. The van der Waals surface area contributed by atoms with Gasteiger partial charge in [0.15, 0.2) is 0 Å². The standard InChI is InChI=1S/C27H25FN4O4/c28-15-7-8-20-18(11-15)27(26(35)30-20)23-22(24(33)32(25(23)34)13-16-4-3-9-36-16)21(31-27)10-14-12-29-19-6-2-1-5-17(14)19/h1-2,5-8,11-12,16,21-23,29,31H,3-4,9-10,13H2,(H,30,35)/t16-,21-,22-,23+,27+/m0/s1. The van der Waals surface area contributed by atoms with E-state index in [1.807, 2.05) is 30.5 Å². The zero-order valence-corrected chi connectivity index (χ0v) is 19.4. The van der Waals surface area contributed by atoms with Gasteiger partial charge in [-0.25, -0.2) is 4.39 Å². The Morgan fingerprint density at radius 2 is 1.97 bits per heavy atom. The van der Waals surface area contributed by atoms with Crippen molar-refractivity contribution in [2.45, 2.75) is 36.9 Å². The molecule has 8 nitrogen and oxygen atoms in total. The number of para-hydroxylation sites is 1. The normalized spacial score (nSPS) is 31.0. The van der Waals surface area contributed by atoms with E-state index in [-0.39, 0.29) is 18.6 Å². The Kier molecular flexibility index (Phi) is 4.65. The molecule has 4 aliphatic rings. The molecule has 0 bridgehead atoms. The largest absolute Gasteiger partial charge is 0.376 e. The summed E-state index contributed by atoms with van der Waals surface area (Å²) in [7, 11) is 0. The third-order valence-corrected chi connectivity index (χ3v) is 8.29. The van der Waals surface area contributed by atoms with Crippen molar-refractivity contribution in [1.82, 2.24) is 15.2 Å². The molecule has 184 valence electrons. The van der Waals surface area contributed by atoms with Gasteiger partial charge < -0.3 is 15.0 Å². The van der Waals surface area contributed by atoms with Gasteiger partial charge in [0, 0.05) is 41.0 Å². The molecule has 3 fully saturated rings. The zero-order valence-electron chi connectivity index (χ0n) is 19.4. The molecule has 0 saturated carbocycles. The second-order valence-electron chi connectivity index (χ2n) is 10.2. The summed E-state index contributed by atoms with van der Waals surface area (Å²) in [5.41, 5.74) is 1.27. The molecule has 1 aromatic heterocycles. The molecule has 3 aromatic rings. The first kappa shape index (κ1) is 21.7. The minimum atomic E-state index is -1.52. The molecule has 0 unspecified atom stereocenters. The maximum atomic E-state index is 14.4. The second-order valence-corrected chi connectivity index (χ2v) is 10.2. The Bertz CT molecular complexity index is 1430. The van der Waals surface area contributed by atoms with Crippen molar-refractivity contribution in [1.29, 1.82) is 0 Å². The van der Waals surface area contributed by atoms with Gasteiger partial charge in [0.2, 0.25) is 17.7 Å². The lowest BCUT2D eigenvalue weighted by molar-refractivity contribution is -0.144. The minimum Gasteiger partial charge on any atom is -0.376 e. The number of carbonyl (C=O) groups is 3. The highest BCUT2D eigenvalue weighted by Crippen LogP contribution is 2.53. The molecule has 7 rings (SSSR count). The predicted molar refractivity (Wildman–Crippen MR) is 128 cm³/mol. The number of fused-ring (bicyclic) bond motifs is 5. The lowest BCUT2D eigenvalue weighted by Gasteiger charge is -2.30. The van der Waals surface area contributed by atoms with Crippen LogP contribution in [0.15, 0.2) is 48.7 Å². The monoisotopic (exact) mass is 488 g/mol. The van der Waals surface area contributed by atoms with E-state index in [1.54, 1.807) is 0 Å². The number of nitrogens with zero attached hydrogens (tertiary/aromatic N) is 1. The second kappa shape index (κ2) is 7.72. The summed E-state index contributed by atoms with van der Waals surface area (Å²) in [6.45, 7) is 0.787. The van der Waals surface area contributed by atoms with Crippen molar-refractivity contribution in [2.24, 2.45) is 11.8 Å². The van der Waals surface area contributed by atoms with Crippen LogP contribution in [0.2, 0.25) is 0 Å². The number of amides is 3. The average molecular weight is 489 g/mol. The smallest absolute Gasteiger partial charge is 0.250 e. The number of nitrogens with one attached hydrogen (secondary N) is 3. The molecule has 0 radical (unpaired) electrons. The molecule has 9 heteroatoms. The van der Waals surface area contributed by atoms with Crippen LogP contribution in [0.4, 0.5) is 10.1 Å². The SMILES string of the molecule is O=C1[C@H]2[C@H](Cc3c[nH]c4ccccc34)N[C@@]3(C(=O)Nc4ccc(F)cc43)[C@H]2C(=O)N1C[C@@H]1CCCO1. The van der Waals surface area contributed by atoms with E-state index in [0.717, 1.165) is 29.3 Å². The van der Waals surface area contributed by atoms with Crippen LogP contribution in [0.5, 0.6) is 0 Å². The third-order valence-electron chi connectivity index (χ3n) is 8.29. The Balaban J connectivity index is 1.33. The van der Waals surface area contributed by atoms with Crippen molar-refractivity contribution in [2.75, 3.05) is 18.5 Å². The van der Waals surface area contributed by atoms with Crippen LogP contribution in [0.25, 0.3) is 10.9 Å². The molecular formula is C27H25FN4O4. The van der Waals surface area contributed by atoms with Crippen molar-refractivity contribution < 1.29 is 23.5 Å².